The summed E-state index contributed by atoms with van der Waals surface area (Å²) in [5.74, 6) is -3.54. The van der Waals surface area contributed by atoms with Crippen molar-refractivity contribution in [3.63, 3.8) is 0 Å². The number of rotatable bonds is 5. The Balaban J connectivity index is 0.000000540. The number of aliphatic carboxylic acids is 1. The number of nitrogens with zero attached hydrogens (tertiary/aromatic N) is 3. The Bertz CT molecular complexity index is 1060. The van der Waals surface area contributed by atoms with E-state index in [4.69, 9.17) is 15.2 Å². The summed E-state index contributed by atoms with van der Waals surface area (Å²) in [5.41, 5.74) is 1.59. The quantitative estimate of drug-likeness (QED) is 0.618. The second-order valence-corrected chi connectivity index (χ2v) is 7.41. The number of amides is 2. The summed E-state index contributed by atoms with van der Waals surface area (Å²) in [6.45, 7) is 2.80. The van der Waals surface area contributed by atoms with Crippen molar-refractivity contribution >= 4 is 17.8 Å². The molecule has 2 aromatic rings. The van der Waals surface area contributed by atoms with Crippen LogP contribution in [0.3, 0.4) is 0 Å². The van der Waals surface area contributed by atoms with Crippen LogP contribution in [0.1, 0.15) is 21.5 Å². The first-order valence-corrected chi connectivity index (χ1v) is 10.3. The lowest BCUT2D eigenvalue weighted by Gasteiger charge is -2.30. The third-order valence-corrected chi connectivity index (χ3v) is 4.87. The first kappa shape index (κ1) is 27.3. The van der Waals surface area contributed by atoms with Gasteiger partial charge in [0.2, 0.25) is 5.91 Å². The van der Waals surface area contributed by atoms with E-state index < -0.39 is 12.1 Å². The van der Waals surface area contributed by atoms with E-state index in [0.717, 1.165) is 18.7 Å². The van der Waals surface area contributed by atoms with Crippen LogP contribution in [0.25, 0.3) is 0 Å². The number of hydrogen-bond acceptors (Lipinski definition) is 5. The number of hydrogen-bond donors (Lipinski definition) is 2. The molecule has 35 heavy (non-hydrogen) atoms. The van der Waals surface area contributed by atoms with Gasteiger partial charge in [-0.2, -0.15) is 18.4 Å². The molecule has 1 fully saturated rings. The van der Waals surface area contributed by atoms with Gasteiger partial charge in [0.25, 0.3) is 5.91 Å². The Hall–Kier alpha value is -3.98. The van der Waals surface area contributed by atoms with Crippen molar-refractivity contribution in [2.24, 2.45) is 0 Å². The van der Waals surface area contributed by atoms with E-state index in [1.807, 2.05) is 6.07 Å². The van der Waals surface area contributed by atoms with Crippen LogP contribution in [0.5, 0.6) is 0 Å². The Morgan fingerprint density at radius 2 is 1.57 bits per heavy atom. The Morgan fingerprint density at radius 1 is 1.03 bits per heavy atom. The van der Waals surface area contributed by atoms with Crippen molar-refractivity contribution in [2.45, 2.75) is 12.7 Å². The predicted octanol–water partition coefficient (Wildman–Crippen LogP) is 2.40. The molecular formula is C23H22F4N4O4. The molecule has 3 rings (SSSR count). The predicted molar refractivity (Wildman–Crippen MR) is 115 cm³/mol. The Morgan fingerprint density at radius 3 is 2.06 bits per heavy atom. The fraction of sp³-hybridized carbons (Fsp3) is 0.304. The molecule has 0 aromatic heterocycles. The normalized spacial score (nSPS) is 13.2. The zero-order chi connectivity index (χ0) is 26.0. The van der Waals surface area contributed by atoms with Gasteiger partial charge in [-0.25, -0.2) is 9.18 Å². The number of carboxylic acids is 1. The highest BCUT2D eigenvalue weighted by atomic mass is 19.4. The van der Waals surface area contributed by atoms with E-state index in [1.165, 1.54) is 17.0 Å². The minimum absolute atomic E-state index is 0.0593. The molecule has 2 amide bonds. The highest BCUT2D eigenvalue weighted by molar-refractivity contribution is 5.96. The summed E-state index contributed by atoms with van der Waals surface area (Å²) in [7, 11) is 0. The molecule has 2 N–H and O–H groups in total. The van der Waals surface area contributed by atoms with Gasteiger partial charge < -0.3 is 20.2 Å². The summed E-state index contributed by atoms with van der Waals surface area (Å²) in [6.07, 6.45) is -5.08. The number of carbonyl (C=O) groups is 3. The summed E-state index contributed by atoms with van der Waals surface area (Å²) in [5, 5.41) is 19.2. The maximum atomic E-state index is 13.2. The average Bonchev–Trinajstić information content (AvgIpc) is 2.85. The molecule has 0 radical (unpaired) electrons. The highest BCUT2D eigenvalue weighted by Crippen LogP contribution is 2.14. The van der Waals surface area contributed by atoms with E-state index >= 15 is 0 Å². The largest absolute Gasteiger partial charge is 0.490 e. The number of carbonyl (C=O) groups excluding carboxylic acids is 2. The first-order valence-electron chi connectivity index (χ1n) is 10.3. The molecule has 12 heteroatoms. The van der Waals surface area contributed by atoms with Gasteiger partial charge in [0.1, 0.15) is 12.4 Å². The van der Waals surface area contributed by atoms with Gasteiger partial charge in [-0.05, 0) is 42.0 Å². The van der Waals surface area contributed by atoms with Crippen molar-refractivity contribution in [3.8, 4) is 6.07 Å². The second kappa shape index (κ2) is 12.5. The van der Waals surface area contributed by atoms with Crippen molar-refractivity contribution in [2.75, 3.05) is 32.7 Å². The van der Waals surface area contributed by atoms with Gasteiger partial charge in [0.15, 0.2) is 0 Å². The van der Waals surface area contributed by atoms with Gasteiger partial charge in [-0.3, -0.25) is 9.59 Å². The molecule has 0 unspecified atom stereocenters. The summed E-state index contributed by atoms with van der Waals surface area (Å²) >= 11 is 0. The molecule has 1 aliphatic heterocycles. The molecule has 186 valence electrons. The van der Waals surface area contributed by atoms with E-state index in [2.05, 4.69) is 5.32 Å². The number of carboxylic acid groups (broad SMARTS) is 1. The number of nitriles is 1. The van der Waals surface area contributed by atoms with Crippen LogP contribution >= 0.6 is 0 Å². The topological polar surface area (TPSA) is 114 Å². The molecule has 0 bridgehead atoms. The highest BCUT2D eigenvalue weighted by Gasteiger charge is 2.38. The van der Waals surface area contributed by atoms with Crippen LogP contribution in [-0.4, -0.2) is 71.6 Å². The summed E-state index contributed by atoms with van der Waals surface area (Å²) in [6, 6.07) is 14.2. The number of alkyl halides is 3. The van der Waals surface area contributed by atoms with Gasteiger partial charge in [0, 0.05) is 38.3 Å². The van der Waals surface area contributed by atoms with Gasteiger partial charge in [-0.15, -0.1) is 0 Å². The van der Waals surface area contributed by atoms with Crippen LogP contribution in [0, 0.1) is 17.1 Å². The SMILES string of the molecule is N#Cc1ccc(C(=O)N(CC(=O)N2CCNCC2)Cc2ccc(F)cc2)cc1.O=C(O)C(F)(F)F. The maximum absolute atomic E-state index is 13.2. The lowest BCUT2D eigenvalue weighted by Crippen LogP contribution is -2.50. The lowest BCUT2D eigenvalue weighted by atomic mass is 10.1. The van der Waals surface area contributed by atoms with Crippen molar-refractivity contribution in [3.05, 3.63) is 71.0 Å². The fourth-order valence-electron chi connectivity index (χ4n) is 3.06. The van der Waals surface area contributed by atoms with Gasteiger partial charge in [0.05, 0.1) is 11.6 Å². The molecule has 1 saturated heterocycles. The third kappa shape index (κ3) is 8.71. The number of piperazine rings is 1. The summed E-state index contributed by atoms with van der Waals surface area (Å²) in [4.78, 5) is 37.8. The lowest BCUT2D eigenvalue weighted by molar-refractivity contribution is -0.192. The van der Waals surface area contributed by atoms with Crippen LogP contribution in [0.4, 0.5) is 17.6 Å². The molecule has 0 saturated carbocycles. The van der Waals surface area contributed by atoms with Crippen LogP contribution in [0.15, 0.2) is 48.5 Å². The molecular weight excluding hydrogens is 472 g/mol. The average molecular weight is 494 g/mol. The molecule has 0 spiro atoms. The van der Waals surface area contributed by atoms with Crippen molar-refractivity contribution < 1.29 is 37.1 Å². The zero-order valence-electron chi connectivity index (χ0n) is 18.4. The summed E-state index contributed by atoms with van der Waals surface area (Å²) < 4.78 is 44.9. The minimum atomic E-state index is -5.08. The molecule has 1 heterocycles. The van der Waals surface area contributed by atoms with E-state index in [0.29, 0.717) is 24.2 Å². The Labute approximate surface area is 198 Å². The molecule has 0 aliphatic carbocycles. The number of halogens is 4. The van der Waals surface area contributed by atoms with Crippen molar-refractivity contribution in [1.82, 2.24) is 15.1 Å². The van der Waals surface area contributed by atoms with E-state index in [-0.39, 0.29) is 30.7 Å². The molecule has 1 aliphatic rings. The monoisotopic (exact) mass is 494 g/mol. The van der Waals surface area contributed by atoms with Gasteiger partial charge in [-0.1, -0.05) is 12.1 Å². The third-order valence-electron chi connectivity index (χ3n) is 4.87. The second-order valence-electron chi connectivity index (χ2n) is 7.41. The van der Waals surface area contributed by atoms with E-state index in [9.17, 15) is 27.2 Å². The smallest absolute Gasteiger partial charge is 0.475 e. The minimum Gasteiger partial charge on any atom is -0.475 e. The first-order chi connectivity index (χ1) is 16.5. The Kier molecular flexibility index (Phi) is 9.72. The standard InChI is InChI=1S/C21H21FN4O2.C2HF3O2/c22-19-7-3-17(4-8-19)14-26(15-20(27)25-11-9-24-10-12-25)21(28)18-5-1-16(13-23)2-6-18;3-2(4,5)1(6)7/h1-8,24H,9-12,14-15H2;(H,6,7). The van der Waals surface area contributed by atoms with Crippen LogP contribution in [0.2, 0.25) is 0 Å². The maximum Gasteiger partial charge on any atom is 0.490 e. The number of benzene rings is 2. The zero-order valence-corrected chi connectivity index (χ0v) is 18.4. The molecule has 0 atom stereocenters. The fourth-order valence-corrected chi connectivity index (χ4v) is 3.06. The molecule has 8 nitrogen and oxygen atoms in total. The van der Waals surface area contributed by atoms with Crippen LogP contribution in [-0.2, 0) is 16.1 Å². The molecule has 2 aromatic carbocycles. The van der Waals surface area contributed by atoms with Crippen LogP contribution < -0.4 is 5.32 Å². The van der Waals surface area contributed by atoms with Gasteiger partial charge >= 0.3 is 12.1 Å². The number of nitrogens with one attached hydrogen (secondary N) is 1. The van der Waals surface area contributed by atoms with Crippen molar-refractivity contribution in [1.29, 1.82) is 5.26 Å². The van der Waals surface area contributed by atoms with E-state index in [1.54, 1.807) is 41.3 Å².